The van der Waals surface area contributed by atoms with Crippen molar-refractivity contribution in [3.63, 3.8) is 0 Å². The first-order valence-corrected chi connectivity index (χ1v) is 7.99. The number of ether oxygens (including phenoxy) is 1. The highest BCUT2D eigenvalue weighted by atomic mass is 35.5. The van der Waals surface area contributed by atoms with E-state index in [-0.39, 0.29) is 35.9 Å². The number of carbonyl (C=O) groups is 1. The number of halogens is 1. The van der Waals surface area contributed by atoms with E-state index in [9.17, 15) is 4.79 Å². The molecular weight excluding hydrogens is 312 g/mol. The fourth-order valence-electron chi connectivity index (χ4n) is 2.59. The van der Waals surface area contributed by atoms with Crippen molar-refractivity contribution < 1.29 is 9.53 Å². The predicted molar refractivity (Wildman–Crippen MR) is 96.2 cm³/mol. The standard InChI is InChI=1S/C18H28N2O2.ClH/c1-17(2,3)13-7-9-15(10-8-13)22-11-16(21)20-18(4,12-19)14-5-6-14;/h7-10,14H,5-6,11-12,19H2,1-4H3,(H,20,21);1H. The molecule has 0 saturated heterocycles. The first kappa shape index (κ1) is 19.8. The lowest BCUT2D eigenvalue weighted by Gasteiger charge is -2.29. The van der Waals surface area contributed by atoms with Crippen LogP contribution in [0.5, 0.6) is 5.75 Å². The van der Waals surface area contributed by atoms with E-state index in [1.807, 2.05) is 31.2 Å². The van der Waals surface area contributed by atoms with E-state index in [2.05, 4.69) is 26.1 Å². The topological polar surface area (TPSA) is 64.3 Å². The summed E-state index contributed by atoms with van der Waals surface area (Å²) in [6.07, 6.45) is 2.28. The van der Waals surface area contributed by atoms with Gasteiger partial charge in [0.25, 0.3) is 5.91 Å². The molecule has 1 saturated carbocycles. The Kier molecular flexibility index (Phi) is 6.49. The van der Waals surface area contributed by atoms with Gasteiger partial charge in [-0.15, -0.1) is 12.4 Å². The van der Waals surface area contributed by atoms with Crippen LogP contribution in [0.15, 0.2) is 24.3 Å². The molecule has 2 rings (SSSR count). The van der Waals surface area contributed by atoms with Crippen LogP contribution in [-0.4, -0.2) is 24.6 Å². The summed E-state index contributed by atoms with van der Waals surface area (Å²) in [6.45, 7) is 9.01. The van der Waals surface area contributed by atoms with Crippen molar-refractivity contribution in [3.8, 4) is 5.75 Å². The summed E-state index contributed by atoms with van der Waals surface area (Å²) in [5.41, 5.74) is 6.87. The number of nitrogens with one attached hydrogen (secondary N) is 1. The fraction of sp³-hybridized carbons (Fsp3) is 0.611. The monoisotopic (exact) mass is 340 g/mol. The Bertz CT molecular complexity index is 521. The van der Waals surface area contributed by atoms with Crippen molar-refractivity contribution in [2.75, 3.05) is 13.2 Å². The van der Waals surface area contributed by atoms with E-state index < -0.39 is 0 Å². The number of benzene rings is 1. The molecule has 4 nitrogen and oxygen atoms in total. The minimum absolute atomic E-state index is 0. The summed E-state index contributed by atoms with van der Waals surface area (Å²) in [5.74, 6) is 1.11. The van der Waals surface area contributed by atoms with Crippen molar-refractivity contribution >= 4 is 18.3 Å². The van der Waals surface area contributed by atoms with Gasteiger partial charge in [0.2, 0.25) is 0 Å². The van der Waals surface area contributed by atoms with Gasteiger partial charge in [0.05, 0.1) is 5.54 Å². The van der Waals surface area contributed by atoms with Crippen LogP contribution in [-0.2, 0) is 10.2 Å². The zero-order chi connectivity index (χ0) is 16.4. The van der Waals surface area contributed by atoms with Gasteiger partial charge in [0.15, 0.2) is 6.61 Å². The molecule has 1 unspecified atom stereocenters. The summed E-state index contributed by atoms with van der Waals surface area (Å²) >= 11 is 0. The van der Waals surface area contributed by atoms with Crippen LogP contribution in [0.4, 0.5) is 0 Å². The third-order valence-corrected chi connectivity index (χ3v) is 4.42. The normalized spacial score (nSPS) is 16.9. The molecule has 1 aliphatic rings. The fourth-order valence-corrected chi connectivity index (χ4v) is 2.59. The summed E-state index contributed by atoms with van der Waals surface area (Å²) in [5, 5.41) is 3.02. The molecular formula is C18H29ClN2O2. The summed E-state index contributed by atoms with van der Waals surface area (Å²) < 4.78 is 5.57. The quantitative estimate of drug-likeness (QED) is 0.836. The smallest absolute Gasteiger partial charge is 0.258 e. The van der Waals surface area contributed by atoms with Crippen LogP contribution in [0.2, 0.25) is 0 Å². The minimum atomic E-state index is -0.295. The number of hydrogen-bond acceptors (Lipinski definition) is 3. The van der Waals surface area contributed by atoms with E-state index in [1.54, 1.807) is 0 Å². The van der Waals surface area contributed by atoms with Gasteiger partial charge in [-0.25, -0.2) is 0 Å². The lowest BCUT2D eigenvalue weighted by atomic mass is 9.87. The summed E-state index contributed by atoms with van der Waals surface area (Å²) in [7, 11) is 0. The molecule has 1 atom stereocenters. The number of hydrogen-bond donors (Lipinski definition) is 2. The Hall–Kier alpha value is -1.26. The van der Waals surface area contributed by atoms with Gasteiger partial charge < -0.3 is 15.8 Å². The van der Waals surface area contributed by atoms with Gasteiger partial charge in [0, 0.05) is 6.54 Å². The molecule has 1 amide bonds. The molecule has 5 heteroatoms. The van der Waals surface area contributed by atoms with Gasteiger partial charge in [-0.3, -0.25) is 4.79 Å². The second-order valence-electron chi connectivity index (χ2n) is 7.51. The molecule has 130 valence electrons. The van der Waals surface area contributed by atoms with Gasteiger partial charge in [-0.05, 0) is 48.8 Å². The molecule has 23 heavy (non-hydrogen) atoms. The molecule has 0 bridgehead atoms. The molecule has 0 radical (unpaired) electrons. The number of amides is 1. The van der Waals surface area contributed by atoms with Crippen molar-refractivity contribution in [1.82, 2.24) is 5.32 Å². The Morgan fingerprint density at radius 3 is 2.22 bits per heavy atom. The Balaban J connectivity index is 0.00000264. The van der Waals surface area contributed by atoms with Gasteiger partial charge in [-0.1, -0.05) is 32.9 Å². The first-order chi connectivity index (χ1) is 10.2. The average molecular weight is 341 g/mol. The largest absolute Gasteiger partial charge is 0.484 e. The second-order valence-corrected chi connectivity index (χ2v) is 7.51. The number of nitrogens with two attached hydrogens (primary N) is 1. The molecule has 0 spiro atoms. The molecule has 0 aliphatic heterocycles. The summed E-state index contributed by atoms with van der Waals surface area (Å²) in [6, 6.07) is 7.91. The lowest BCUT2D eigenvalue weighted by molar-refractivity contribution is -0.125. The van der Waals surface area contributed by atoms with Gasteiger partial charge >= 0.3 is 0 Å². The molecule has 0 aromatic heterocycles. The number of rotatable bonds is 6. The van der Waals surface area contributed by atoms with Crippen LogP contribution in [0.3, 0.4) is 0 Å². The highest BCUT2D eigenvalue weighted by Crippen LogP contribution is 2.38. The molecule has 1 fully saturated rings. The van der Waals surface area contributed by atoms with Gasteiger partial charge in [-0.2, -0.15) is 0 Å². The van der Waals surface area contributed by atoms with Crippen molar-refractivity contribution in [3.05, 3.63) is 29.8 Å². The molecule has 1 aromatic carbocycles. The maximum Gasteiger partial charge on any atom is 0.258 e. The van der Waals surface area contributed by atoms with Crippen molar-refractivity contribution in [2.24, 2.45) is 11.7 Å². The Labute approximate surface area is 145 Å². The minimum Gasteiger partial charge on any atom is -0.484 e. The maximum atomic E-state index is 12.1. The Morgan fingerprint density at radius 1 is 1.22 bits per heavy atom. The van der Waals surface area contributed by atoms with Crippen LogP contribution in [0.1, 0.15) is 46.1 Å². The van der Waals surface area contributed by atoms with Crippen LogP contribution in [0, 0.1) is 5.92 Å². The Morgan fingerprint density at radius 2 is 1.78 bits per heavy atom. The third kappa shape index (κ3) is 5.40. The van der Waals surface area contributed by atoms with Crippen LogP contribution < -0.4 is 15.8 Å². The van der Waals surface area contributed by atoms with Gasteiger partial charge in [0.1, 0.15) is 5.75 Å². The first-order valence-electron chi connectivity index (χ1n) is 7.99. The van der Waals surface area contributed by atoms with Crippen LogP contribution in [0.25, 0.3) is 0 Å². The van der Waals surface area contributed by atoms with E-state index >= 15 is 0 Å². The maximum absolute atomic E-state index is 12.1. The SMILES string of the molecule is CC(C)(C)c1ccc(OCC(=O)NC(C)(CN)C2CC2)cc1.Cl. The molecule has 3 N–H and O–H groups in total. The van der Waals surface area contributed by atoms with E-state index in [1.165, 1.54) is 5.56 Å². The van der Waals surface area contributed by atoms with E-state index in [0.29, 0.717) is 18.2 Å². The van der Waals surface area contributed by atoms with Crippen LogP contribution >= 0.6 is 12.4 Å². The van der Waals surface area contributed by atoms with Crippen molar-refractivity contribution in [2.45, 2.75) is 51.5 Å². The highest BCUT2D eigenvalue weighted by Gasteiger charge is 2.41. The average Bonchev–Trinajstić information content (AvgIpc) is 3.29. The zero-order valence-electron chi connectivity index (χ0n) is 14.5. The second kappa shape index (κ2) is 7.54. The molecule has 1 aliphatic carbocycles. The van der Waals surface area contributed by atoms with E-state index in [0.717, 1.165) is 12.8 Å². The number of carbonyl (C=O) groups excluding carboxylic acids is 1. The molecule has 1 aromatic rings. The molecule has 0 heterocycles. The highest BCUT2D eigenvalue weighted by molar-refractivity contribution is 5.85. The van der Waals surface area contributed by atoms with Crippen molar-refractivity contribution in [1.29, 1.82) is 0 Å². The summed E-state index contributed by atoms with van der Waals surface area (Å²) in [4.78, 5) is 12.1. The third-order valence-electron chi connectivity index (χ3n) is 4.42. The zero-order valence-corrected chi connectivity index (χ0v) is 15.3. The lowest BCUT2D eigenvalue weighted by Crippen LogP contribution is -2.54. The predicted octanol–water partition coefficient (Wildman–Crippen LogP) is 3.03. The van der Waals surface area contributed by atoms with E-state index in [4.69, 9.17) is 10.5 Å².